The molecule has 0 radical (unpaired) electrons. The van der Waals surface area contributed by atoms with Gasteiger partial charge in [0.1, 0.15) is 5.75 Å². The molecule has 0 fully saturated rings. The lowest BCUT2D eigenvalue weighted by atomic mass is 10.00. The molecule has 4 nitrogen and oxygen atoms in total. The summed E-state index contributed by atoms with van der Waals surface area (Å²) in [6, 6.07) is 9.83. The predicted octanol–water partition coefficient (Wildman–Crippen LogP) is 4.74. The minimum atomic E-state index is -5.01. The smallest absolute Gasteiger partial charge is 0.428 e. The monoisotopic (exact) mass is 436 g/mol. The maximum absolute atomic E-state index is 13.1. The number of anilines is 1. The zero-order chi connectivity index (χ0) is 22.5. The third-order valence-electron chi connectivity index (χ3n) is 3.92. The second-order valence-corrected chi connectivity index (χ2v) is 6.25. The summed E-state index contributed by atoms with van der Waals surface area (Å²) in [5, 5.41) is 21.1. The molecule has 0 heterocycles. The fourth-order valence-electron chi connectivity index (χ4n) is 2.55. The molecule has 0 amide bonds. The molecule has 0 spiro atoms. The standard InChI is InChI=1S/C19H15F7N2O2/c20-17(21)19(25,26)30-14-6-2-3-11(8-14)9-15(16(29)18(22,23)24)28-13-5-1-4-12(7-13)10-27/h1-8,15-17,28-29H,9H2. The highest BCUT2D eigenvalue weighted by Crippen LogP contribution is 2.30. The minimum Gasteiger partial charge on any atom is -0.428 e. The third-order valence-corrected chi connectivity index (χ3v) is 3.92. The maximum Gasteiger partial charge on any atom is 0.461 e. The van der Waals surface area contributed by atoms with Crippen LogP contribution in [0.2, 0.25) is 0 Å². The van der Waals surface area contributed by atoms with Crippen LogP contribution in [-0.2, 0) is 6.42 Å². The Bertz CT molecular complexity index is 897. The second-order valence-electron chi connectivity index (χ2n) is 6.25. The molecule has 2 rings (SSSR count). The molecule has 0 aliphatic rings. The fourth-order valence-corrected chi connectivity index (χ4v) is 2.55. The SMILES string of the molecule is N#Cc1cccc(NC(Cc2cccc(OC(F)(F)C(F)F)c2)C(O)C(F)(F)F)c1. The Morgan fingerprint density at radius 1 is 1.03 bits per heavy atom. The second kappa shape index (κ2) is 9.21. The van der Waals surface area contributed by atoms with Crippen molar-refractivity contribution in [3.05, 3.63) is 59.7 Å². The molecule has 0 bridgehead atoms. The van der Waals surface area contributed by atoms with Crippen LogP contribution in [0.4, 0.5) is 36.4 Å². The molecular weight excluding hydrogens is 421 g/mol. The number of benzene rings is 2. The number of nitrogens with one attached hydrogen (secondary N) is 1. The zero-order valence-electron chi connectivity index (χ0n) is 15.0. The summed E-state index contributed by atoms with van der Waals surface area (Å²) in [5.74, 6) is -0.676. The molecule has 0 saturated carbocycles. The van der Waals surface area contributed by atoms with Gasteiger partial charge in [-0.1, -0.05) is 18.2 Å². The van der Waals surface area contributed by atoms with Gasteiger partial charge in [0.15, 0.2) is 6.10 Å². The predicted molar refractivity (Wildman–Crippen MR) is 92.4 cm³/mol. The van der Waals surface area contributed by atoms with Crippen molar-refractivity contribution in [2.75, 3.05) is 5.32 Å². The average Bonchev–Trinajstić information content (AvgIpc) is 2.66. The van der Waals surface area contributed by atoms with Gasteiger partial charge in [-0.25, -0.2) is 0 Å². The number of halogens is 7. The number of hydrogen-bond donors (Lipinski definition) is 2. The van der Waals surface area contributed by atoms with Crippen molar-refractivity contribution >= 4 is 5.69 Å². The highest BCUT2D eigenvalue weighted by Gasteiger charge is 2.45. The third kappa shape index (κ3) is 6.25. The molecule has 2 aromatic rings. The lowest BCUT2D eigenvalue weighted by molar-refractivity contribution is -0.253. The van der Waals surface area contributed by atoms with E-state index in [0.717, 1.165) is 18.2 Å². The Morgan fingerprint density at radius 3 is 2.30 bits per heavy atom. The molecule has 2 atom stereocenters. The van der Waals surface area contributed by atoms with Gasteiger partial charge < -0.3 is 15.2 Å². The summed E-state index contributed by atoms with van der Waals surface area (Å²) in [6.45, 7) is 0. The molecule has 2 aromatic carbocycles. The first-order valence-corrected chi connectivity index (χ1v) is 8.38. The van der Waals surface area contributed by atoms with E-state index in [2.05, 4.69) is 10.1 Å². The summed E-state index contributed by atoms with van der Waals surface area (Å²) in [6.07, 6.45) is -17.3. The quantitative estimate of drug-likeness (QED) is 0.587. The van der Waals surface area contributed by atoms with Gasteiger partial charge in [-0.3, -0.25) is 0 Å². The topological polar surface area (TPSA) is 65.3 Å². The van der Waals surface area contributed by atoms with Crippen LogP contribution < -0.4 is 10.1 Å². The zero-order valence-corrected chi connectivity index (χ0v) is 15.0. The molecule has 0 saturated heterocycles. The highest BCUT2D eigenvalue weighted by atomic mass is 19.4. The van der Waals surface area contributed by atoms with Crippen LogP contribution in [0.15, 0.2) is 48.5 Å². The average molecular weight is 436 g/mol. The number of hydrogen-bond acceptors (Lipinski definition) is 4. The van der Waals surface area contributed by atoms with Crippen molar-refractivity contribution in [3.63, 3.8) is 0 Å². The van der Waals surface area contributed by atoms with Crippen LogP contribution in [0.25, 0.3) is 0 Å². The molecule has 11 heteroatoms. The number of ether oxygens (including phenoxy) is 1. The number of nitrogens with zero attached hydrogens (tertiary/aromatic N) is 1. The van der Waals surface area contributed by atoms with E-state index < -0.39 is 43.0 Å². The van der Waals surface area contributed by atoms with E-state index in [-0.39, 0.29) is 16.8 Å². The summed E-state index contributed by atoms with van der Waals surface area (Å²) >= 11 is 0. The molecule has 162 valence electrons. The molecule has 2 N–H and O–H groups in total. The van der Waals surface area contributed by atoms with E-state index in [4.69, 9.17) is 5.26 Å². The van der Waals surface area contributed by atoms with Gasteiger partial charge in [0, 0.05) is 5.69 Å². The summed E-state index contributed by atoms with van der Waals surface area (Å²) < 4.78 is 93.9. The van der Waals surface area contributed by atoms with Crippen LogP contribution in [0.1, 0.15) is 11.1 Å². The van der Waals surface area contributed by atoms with E-state index in [1.165, 1.54) is 30.3 Å². The molecule has 0 aliphatic heterocycles. The highest BCUT2D eigenvalue weighted by molar-refractivity contribution is 5.50. The molecule has 0 aliphatic carbocycles. The van der Waals surface area contributed by atoms with E-state index >= 15 is 0 Å². The van der Waals surface area contributed by atoms with E-state index in [9.17, 15) is 35.8 Å². The van der Waals surface area contributed by atoms with Crippen LogP contribution in [-0.4, -0.2) is 36.0 Å². The summed E-state index contributed by atoms with van der Waals surface area (Å²) in [5.41, 5.74) is 0.277. The van der Waals surface area contributed by atoms with Crippen molar-refractivity contribution < 1.29 is 40.6 Å². The van der Waals surface area contributed by atoms with Crippen molar-refractivity contribution in [1.82, 2.24) is 0 Å². The Hall–Kier alpha value is -3.00. The first-order valence-electron chi connectivity index (χ1n) is 8.38. The number of rotatable bonds is 8. The largest absolute Gasteiger partial charge is 0.461 e. The van der Waals surface area contributed by atoms with Crippen LogP contribution in [0.3, 0.4) is 0 Å². The Balaban J connectivity index is 2.28. The van der Waals surface area contributed by atoms with Crippen molar-refractivity contribution in [2.24, 2.45) is 0 Å². The van der Waals surface area contributed by atoms with Crippen LogP contribution >= 0.6 is 0 Å². The van der Waals surface area contributed by atoms with Gasteiger partial charge >= 0.3 is 18.7 Å². The van der Waals surface area contributed by atoms with Gasteiger partial charge in [0.25, 0.3) is 0 Å². The van der Waals surface area contributed by atoms with E-state index in [0.29, 0.717) is 0 Å². The van der Waals surface area contributed by atoms with Gasteiger partial charge in [-0.05, 0) is 42.3 Å². The number of alkyl halides is 7. The normalized spacial score (nSPS) is 14.1. The first-order chi connectivity index (χ1) is 13.9. The number of nitriles is 1. The van der Waals surface area contributed by atoms with Crippen LogP contribution in [0, 0.1) is 11.3 Å². The Morgan fingerprint density at radius 2 is 1.70 bits per heavy atom. The maximum atomic E-state index is 13.1. The first kappa shape index (κ1) is 23.3. The summed E-state index contributed by atoms with van der Waals surface area (Å²) in [4.78, 5) is 0. The van der Waals surface area contributed by atoms with E-state index in [1.807, 2.05) is 6.07 Å². The molecular formula is C19H15F7N2O2. The van der Waals surface area contributed by atoms with Crippen molar-refractivity contribution in [3.8, 4) is 11.8 Å². The van der Waals surface area contributed by atoms with Crippen molar-refractivity contribution in [2.45, 2.75) is 37.3 Å². The molecule has 30 heavy (non-hydrogen) atoms. The Kier molecular flexibility index (Phi) is 7.15. The summed E-state index contributed by atoms with van der Waals surface area (Å²) in [7, 11) is 0. The van der Waals surface area contributed by atoms with Gasteiger partial charge in [-0.2, -0.15) is 36.0 Å². The Labute approximate surface area is 166 Å². The lowest BCUT2D eigenvalue weighted by Gasteiger charge is -2.27. The van der Waals surface area contributed by atoms with Gasteiger partial charge in [0.2, 0.25) is 0 Å². The number of aliphatic hydroxyl groups excluding tert-OH is 1. The van der Waals surface area contributed by atoms with E-state index in [1.54, 1.807) is 0 Å². The molecule has 0 aromatic heterocycles. The van der Waals surface area contributed by atoms with Crippen molar-refractivity contribution in [1.29, 1.82) is 5.26 Å². The molecule has 2 unspecified atom stereocenters. The minimum absolute atomic E-state index is 0.00908. The van der Waals surface area contributed by atoms with Gasteiger partial charge in [0.05, 0.1) is 17.7 Å². The van der Waals surface area contributed by atoms with Gasteiger partial charge in [-0.15, -0.1) is 0 Å². The number of aliphatic hydroxyl groups is 1. The fraction of sp³-hybridized carbons (Fsp3) is 0.316. The lowest BCUT2D eigenvalue weighted by Crippen LogP contribution is -2.45. The van der Waals surface area contributed by atoms with Crippen LogP contribution in [0.5, 0.6) is 5.75 Å².